The van der Waals surface area contributed by atoms with E-state index in [1.54, 1.807) is 0 Å². The van der Waals surface area contributed by atoms with Crippen LogP contribution < -0.4 is 0 Å². The normalized spacial score (nSPS) is 13.9. The van der Waals surface area contributed by atoms with Gasteiger partial charge >= 0.3 is 0 Å². The number of aliphatic hydroxyl groups is 1. The number of unbranched alkanes of at least 4 members (excludes halogenated alkanes) is 1. The molecule has 68 valence electrons. The smallest absolute Gasteiger partial charge is 0.0540 e. The molecule has 0 heterocycles. The van der Waals surface area contributed by atoms with Crippen LogP contribution in [0.15, 0.2) is 0 Å². The van der Waals surface area contributed by atoms with E-state index in [4.69, 9.17) is 0 Å². The first-order chi connectivity index (χ1) is 5.16. The monoisotopic (exact) mass is 158 g/mol. The minimum atomic E-state index is -0.0441. The van der Waals surface area contributed by atoms with E-state index in [1.807, 2.05) is 0 Å². The topological polar surface area (TPSA) is 20.2 Å². The van der Waals surface area contributed by atoms with Crippen LogP contribution in [0.1, 0.15) is 52.9 Å². The van der Waals surface area contributed by atoms with E-state index in [9.17, 15) is 5.11 Å². The number of rotatable bonds is 6. The molecule has 1 N–H and O–H groups in total. The third-order valence-corrected chi connectivity index (χ3v) is 1.97. The zero-order valence-corrected chi connectivity index (χ0v) is 8.14. The molecular weight excluding hydrogens is 136 g/mol. The van der Waals surface area contributed by atoms with Crippen LogP contribution in [0.25, 0.3) is 0 Å². The number of hydrogen-bond acceptors (Lipinski definition) is 1. The van der Waals surface area contributed by atoms with Crippen molar-refractivity contribution in [3.05, 3.63) is 0 Å². The molecule has 1 heteroatoms. The molecule has 0 rings (SSSR count). The van der Waals surface area contributed by atoms with Gasteiger partial charge in [-0.2, -0.15) is 0 Å². The van der Waals surface area contributed by atoms with Gasteiger partial charge in [-0.1, -0.05) is 33.6 Å². The standard InChI is InChI=1S/C10H22O/c1-4-5-6-10(11)8-7-9(2)3/h9-11H,4-8H2,1-3H3/t10-/m1/s1. The summed E-state index contributed by atoms with van der Waals surface area (Å²) in [6, 6.07) is 0. The molecule has 0 aliphatic rings. The lowest BCUT2D eigenvalue weighted by atomic mass is 10.0. The van der Waals surface area contributed by atoms with Crippen molar-refractivity contribution in [3.8, 4) is 0 Å². The highest BCUT2D eigenvalue weighted by Crippen LogP contribution is 2.10. The summed E-state index contributed by atoms with van der Waals surface area (Å²) in [6.07, 6.45) is 5.45. The van der Waals surface area contributed by atoms with E-state index in [2.05, 4.69) is 20.8 Å². The van der Waals surface area contributed by atoms with Gasteiger partial charge in [-0.05, 0) is 25.2 Å². The Hall–Kier alpha value is -0.0400. The molecule has 1 nitrogen and oxygen atoms in total. The first-order valence-corrected chi connectivity index (χ1v) is 4.84. The molecule has 0 aromatic heterocycles. The van der Waals surface area contributed by atoms with Crippen molar-refractivity contribution >= 4 is 0 Å². The predicted molar refractivity (Wildman–Crippen MR) is 49.6 cm³/mol. The molecule has 0 aromatic rings. The van der Waals surface area contributed by atoms with Crippen molar-refractivity contribution in [2.45, 2.75) is 59.0 Å². The van der Waals surface area contributed by atoms with Crippen LogP contribution >= 0.6 is 0 Å². The fourth-order valence-electron chi connectivity index (χ4n) is 1.11. The molecule has 0 fully saturated rings. The molecule has 11 heavy (non-hydrogen) atoms. The molecule has 0 bridgehead atoms. The predicted octanol–water partition coefficient (Wildman–Crippen LogP) is 2.97. The van der Waals surface area contributed by atoms with E-state index in [0.29, 0.717) is 0 Å². The van der Waals surface area contributed by atoms with Crippen LogP contribution in [0.5, 0.6) is 0 Å². The Morgan fingerprint density at radius 1 is 1.09 bits per heavy atom. The van der Waals surface area contributed by atoms with Crippen LogP contribution in [0.3, 0.4) is 0 Å². The Labute approximate surface area is 70.8 Å². The number of aliphatic hydroxyl groups excluding tert-OH is 1. The highest BCUT2D eigenvalue weighted by Gasteiger charge is 2.03. The van der Waals surface area contributed by atoms with E-state index in [1.165, 1.54) is 12.8 Å². The van der Waals surface area contributed by atoms with E-state index < -0.39 is 0 Å². The van der Waals surface area contributed by atoms with Gasteiger partial charge in [0, 0.05) is 0 Å². The van der Waals surface area contributed by atoms with Crippen LogP contribution in [-0.4, -0.2) is 11.2 Å². The quantitative estimate of drug-likeness (QED) is 0.630. The molecule has 0 saturated heterocycles. The molecule has 0 aliphatic heterocycles. The lowest BCUT2D eigenvalue weighted by molar-refractivity contribution is 0.144. The number of hydrogen-bond donors (Lipinski definition) is 1. The molecule has 0 radical (unpaired) electrons. The van der Waals surface area contributed by atoms with Crippen LogP contribution in [-0.2, 0) is 0 Å². The summed E-state index contributed by atoms with van der Waals surface area (Å²) >= 11 is 0. The van der Waals surface area contributed by atoms with Gasteiger partial charge in [0.1, 0.15) is 0 Å². The lowest BCUT2D eigenvalue weighted by Gasteiger charge is -2.10. The third-order valence-electron chi connectivity index (χ3n) is 1.97. The maximum atomic E-state index is 9.43. The summed E-state index contributed by atoms with van der Waals surface area (Å²) in [5.74, 6) is 0.728. The van der Waals surface area contributed by atoms with Gasteiger partial charge in [0.05, 0.1) is 6.10 Å². The summed E-state index contributed by atoms with van der Waals surface area (Å²) in [6.45, 7) is 6.56. The summed E-state index contributed by atoms with van der Waals surface area (Å²) in [7, 11) is 0. The van der Waals surface area contributed by atoms with Crippen molar-refractivity contribution < 1.29 is 5.11 Å². The van der Waals surface area contributed by atoms with Gasteiger partial charge in [-0.25, -0.2) is 0 Å². The summed E-state index contributed by atoms with van der Waals surface area (Å²) in [5, 5.41) is 9.43. The second-order valence-electron chi connectivity index (χ2n) is 3.77. The maximum Gasteiger partial charge on any atom is 0.0540 e. The first-order valence-electron chi connectivity index (χ1n) is 4.84. The van der Waals surface area contributed by atoms with Crippen LogP contribution in [0.2, 0.25) is 0 Å². The van der Waals surface area contributed by atoms with Crippen LogP contribution in [0.4, 0.5) is 0 Å². The average molecular weight is 158 g/mol. The van der Waals surface area contributed by atoms with Crippen molar-refractivity contribution in [2.24, 2.45) is 5.92 Å². The molecule has 0 aliphatic carbocycles. The largest absolute Gasteiger partial charge is 0.393 e. The Bertz CT molecular complexity index is 78.9. The molecule has 0 saturated carbocycles. The minimum Gasteiger partial charge on any atom is -0.393 e. The van der Waals surface area contributed by atoms with Crippen LogP contribution in [0, 0.1) is 5.92 Å². The maximum absolute atomic E-state index is 9.43. The van der Waals surface area contributed by atoms with Crippen molar-refractivity contribution in [3.63, 3.8) is 0 Å². The Balaban J connectivity index is 3.15. The highest BCUT2D eigenvalue weighted by molar-refractivity contribution is 4.57. The third kappa shape index (κ3) is 7.86. The van der Waals surface area contributed by atoms with Gasteiger partial charge in [-0.3, -0.25) is 0 Å². The van der Waals surface area contributed by atoms with E-state index in [0.717, 1.165) is 25.2 Å². The Morgan fingerprint density at radius 3 is 2.18 bits per heavy atom. The van der Waals surface area contributed by atoms with Gasteiger partial charge in [-0.15, -0.1) is 0 Å². The average Bonchev–Trinajstić information content (AvgIpc) is 1.97. The van der Waals surface area contributed by atoms with Crippen molar-refractivity contribution in [2.75, 3.05) is 0 Å². The fraction of sp³-hybridized carbons (Fsp3) is 1.00. The zero-order chi connectivity index (χ0) is 8.69. The second-order valence-corrected chi connectivity index (χ2v) is 3.77. The SMILES string of the molecule is CCCC[C@@H](O)CCC(C)C. The zero-order valence-electron chi connectivity index (χ0n) is 8.14. The molecule has 0 aromatic carbocycles. The lowest BCUT2D eigenvalue weighted by Crippen LogP contribution is -2.07. The fourth-order valence-corrected chi connectivity index (χ4v) is 1.11. The molecule has 0 amide bonds. The van der Waals surface area contributed by atoms with Crippen molar-refractivity contribution in [1.82, 2.24) is 0 Å². The van der Waals surface area contributed by atoms with Crippen molar-refractivity contribution in [1.29, 1.82) is 0 Å². The molecular formula is C10H22O. The van der Waals surface area contributed by atoms with Gasteiger partial charge < -0.3 is 5.11 Å². The first kappa shape index (κ1) is 11.0. The molecule has 1 atom stereocenters. The summed E-state index contributed by atoms with van der Waals surface area (Å²) < 4.78 is 0. The molecule has 0 unspecified atom stereocenters. The molecule has 0 spiro atoms. The Morgan fingerprint density at radius 2 is 1.73 bits per heavy atom. The van der Waals surface area contributed by atoms with Gasteiger partial charge in [0.25, 0.3) is 0 Å². The summed E-state index contributed by atoms with van der Waals surface area (Å²) in [4.78, 5) is 0. The van der Waals surface area contributed by atoms with Gasteiger partial charge in [0.2, 0.25) is 0 Å². The highest BCUT2D eigenvalue weighted by atomic mass is 16.3. The van der Waals surface area contributed by atoms with E-state index >= 15 is 0 Å². The second kappa shape index (κ2) is 6.66. The Kier molecular flexibility index (Phi) is 6.63. The summed E-state index contributed by atoms with van der Waals surface area (Å²) in [5.41, 5.74) is 0. The minimum absolute atomic E-state index is 0.0441. The van der Waals surface area contributed by atoms with Gasteiger partial charge in [0.15, 0.2) is 0 Å². The van der Waals surface area contributed by atoms with E-state index in [-0.39, 0.29) is 6.10 Å².